The lowest BCUT2D eigenvalue weighted by Gasteiger charge is -2.34. The summed E-state index contributed by atoms with van der Waals surface area (Å²) in [6, 6.07) is 8.64. The Balaban J connectivity index is 2.06. The first-order valence-corrected chi connectivity index (χ1v) is 7.48. The van der Waals surface area contributed by atoms with Crippen molar-refractivity contribution < 1.29 is 4.74 Å². The van der Waals surface area contributed by atoms with Crippen LogP contribution in [0.1, 0.15) is 57.9 Å². The van der Waals surface area contributed by atoms with Crippen molar-refractivity contribution in [2.24, 2.45) is 11.7 Å². The predicted molar refractivity (Wildman–Crippen MR) is 80.6 cm³/mol. The van der Waals surface area contributed by atoms with Gasteiger partial charge >= 0.3 is 0 Å². The number of ether oxygens (including phenoxy) is 1. The van der Waals surface area contributed by atoms with Gasteiger partial charge in [-0.25, -0.2) is 0 Å². The maximum atomic E-state index is 5.87. The van der Waals surface area contributed by atoms with Gasteiger partial charge in [-0.15, -0.1) is 0 Å². The summed E-state index contributed by atoms with van der Waals surface area (Å²) in [6.45, 7) is 7.01. The zero-order valence-corrected chi connectivity index (χ0v) is 12.5. The van der Waals surface area contributed by atoms with Crippen LogP contribution in [0, 0.1) is 5.92 Å². The number of benzene rings is 1. The molecule has 0 radical (unpaired) electrons. The molecule has 1 aromatic carbocycles. The summed E-state index contributed by atoms with van der Waals surface area (Å²) in [5.41, 5.74) is 7.07. The molecule has 1 aromatic rings. The highest BCUT2D eigenvalue weighted by Gasteiger charge is 2.27. The van der Waals surface area contributed by atoms with Crippen LogP contribution >= 0.6 is 0 Å². The third-order valence-electron chi connectivity index (χ3n) is 3.93. The van der Waals surface area contributed by atoms with E-state index in [0.29, 0.717) is 5.92 Å². The molecule has 1 fully saturated rings. The Morgan fingerprint density at radius 3 is 2.26 bits per heavy atom. The fourth-order valence-electron chi connectivity index (χ4n) is 2.83. The molecule has 0 aliphatic heterocycles. The largest absolute Gasteiger partial charge is 0.488 e. The van der Waals surface area contributed by atoms with Crippen molar-refractivity contribution in [1.82, 2.24) is 0 Å². The number of hydrogen-bond donors (Lipinski definition) is 1. The molecule has 1 atom stereocenters. The van der Waals surface area contributed by atoms with Crippen molar-refractivity contribution in [2.45, 2.75) is 58.0 Å². The Bertz CT molecular complexity index is 387. The van der Waals surface area contributed by atoms with Crippen molar-refractivity contribution in [3.63, 3.8) is 0 Å². The second-order valence-corrected chi connectivity index (χ2v) is 6.66. The SMILES string of the molecule is CC(C)(C)Oc1ccc(C(CCN)C2CCC2)cc1. The van der Waals surface area contributed by atoms with Gasteiger partial charge < -0.3 is 10.5 Å². The predicted octanol–water partition coefficient (Wildman–Crippen LogP) is 4.10. The molecule has 2 N–H and O–H groups in total. The minimum Gasteiger partial charge on any atom is -0.488 e. The summed E-state index contributed by atoms with van der Waals surface area (Å²) >= 11 is 0. The lowest BCUT2D eigenvalue weighted by molar-refractivity contribution is 0.131. The molecule has 1 aliphatic rings. The summed E-state index contributed by atoms with van der Waals surface area (Å²) < 4.78 is 5.87. The molecular weight excluding hydrogens is 234 g/mol. The van der Waals surface area contributed by atoms with Crippen LogP contribution in [0.4, 0.5) is 0 Å². The fourth-order valence-corrected chi connectivity index (χ4v) is 2.83. The summed E-state index contributed by atoms with van der Waals surface area (Å²) in [6.07, 6.45) is 5.22. The van der Waals surface area contributed by atoms with Crippen LogP contribution in [0.3, 0.4) is 0 Å². The lowest BCUT2D eigenvalue weighted by atomic mass is 9.72. The van der Waals surface area contributed by atoms with Crippen LogP contribution in [0.25, 0.3) is 0 Å². The van der Waals surface area contributed by atoms with Gasteiger partial charge in [-0.3, -0.25) is 0 Å². The van der Waals surface area contributed by atoms with Gasteiger partial charge in [0.25, 0.3) is 0 Å². The molecule has 0 bridgehead atoms. The molecule has 0 aromatic heterocycles. The van der Waals surface area contributed by atoms with Gasteiger partial charge in [0.2, 0.25) is 0 Å². The molecule has 2 rings (SSSR count). The minimum absolute atomic E-state index is 0.133. The summed E-state index contributed by atoms with van der Waals surface area (Å²) in [5.74, 6) is 2.44. The van der Waals surface area contributed by atoms with E-state index in [1.165, 1.54) is 24.8 Å². The Morgan fingerprint density at radius 1 is 1.21 bits per heavy atom. The van der Waals surface area contributed by atoms with Gasteiger partial charge in [0.1, 0.15) is 11.4 Å². The van der Waals surface area contributed by atoms with E-state index < -0.39 is 0 Å². The van der Waals surface area contributed by atoms with Gasteiger partial charge in [0, 0.05) is 0 Å². The van der Waals surface area contributed by atoms with Crippen molar-refractivity contribution in [2.75, 3.05) is 6.54 Å². The summed E-state index contributed by atoms with van der Waals surface area (Å²) in [4.78, 5) is 0. The van der Waals surface area contributed by atoms with Crippen molar-refractivity contribution in [1.29, 1.82) is 0 Å². The number of hydrogen-bond acceptors (Lipinski definition) is 2. The lowest BCUT2D eigenvalue weighted by Crippen LogP contribution is -2.24. The standard InChI is InChI=1S/C17H27NO/c1-17(2,3)19-15-9-7-14(8-10-15)16(11-12-18)13-5-4-6-13/h7-10,13,16H,4-6,11-12,18H2,1-3H3. The second-order valence-electron chi connectivity index (χ2n) is 6.66. The molecule has 1 aliphatic carbocycles. The molecule has 0 heterocycles. The highest BCUT2D eigenvalue weighted by Crippen LogP contribution is 2.41. The highest BCUT2D eigenvalue weighted by atomic mass is 16.5. The van der Waals surface area contributed by atoms with Crippen LogP contribution in [-0.4, -0.2) is 12.1 Å². The fraction of sp³-hybridized carbons (Fsp3) is 0.647. The quantitative estimate of drug-likeness (QED) is 0.866. The molecule has 0 spiro atoms. The molecule has 1 unspecified atom stereocenters. The van der Waals surface area contributed by atoms with Crippen molar-refractivity contribution in [3.05, 3.63) is 29.8 Å². The van der Waals surface area contributed by atoms with E-state index in [1.54, 1.807) is 0 Å². The molecule has 2 nitrogen and oxygen atoms in total. The van der Waals surface area contributed by atoms with E-state index >= 15 is 0 Å². The Morgan fingerprint density at radius 2 is 1.84 bits per heavy atom. The van der Waals surface area contributed by atoms with E-state index in [9.17, 15) is 0 Å². The van der Waals surface area contributed by atoms with Crippen LogP contribution < -0.4 is 10.5 Å². The Labute approximate surface area is 117 Å². The van der Waals surface area contributed by atoms with E-state index in [-0.39, 0.29) is 5.60 Å². The zero-order chi connectivity index (χ0) is 13.9. The van der Waals surface area contributed by atoms with E-state index in [2.05, 4.69) is 45.0 Å². The van der Waals surface area contributed by atoms with E-state index in [1.807, 2.05) is 0 Å². The molecule has 1 saturated carbocycles. The van der Waals surface area contributed by atoms with E-state index in [4.69, 9.17) is 10.5 Å². The molecular formula is C17H27NO. The second kappa shape index (κ2) is 5.96. The molecule has 2 heteroatoms. The topological polar surface area (TPSA) is 35.2 Å². The van der Waals surface area contributed by atoms with Crippen molar-refractivity contribution >= 4 is 0 Å². The first-order valence-electron chi connectivity index (χ1n) is 7.48. The number of nitrogens with two attached hydrogens (primary N) is 1. The van der Waals surface area contributed by atoms with E-state index in [0.717, 1.165) is 24.6 Å². The van der Waals surface area contributed by atoms with Gasteiger partial charge in [-0.1, -0.05) is 18.6 Å². The smallest absolute Gasteiger partial charge is 0.120 e. The minimum atomic E-state index is -0.133. The van der Waals surface area contributed by atoms with Gasteiger partial charge in [0.15, 0.2) is 0 Å². The maximum Gasteiger partial charge on any atom is 0.120 e. The van der Waals surface area contributed by atoms with Crippen LogP contribution in [0.2, 0.25) is 0 Å². The monoisotopic (exact) mass is 261 g/mol. The molecule has 0 saturated heterocycles. The normalized spacial score (nSPS) is 17.9. The summed E-state index contributed by atoms with van der Waals surface area (Å²) in [5, 5.41) is 0. The molecule has 0 amide bonds. The Kier molecular flexibility index (Phi) is 4.51. The molecule has 106 valence electrons. The molecule has 19 heavy (non-hydrogen) atoms. The summed E-state index contributed by atoms with van der Waals surface area (Å²) in [7, 11) is 0. The Hall–Kier alpha value is -1.02. The van der Waals surface area contributed by atoms with Crippen molar-refractivity contribution in [3.8, 4) is 5.75 Å². The van der Waals surface area contributed by atoms with Gasteiger partial charge in [0.05, 0.1) is 0 Å². The third kappa shape index (κ3) is 3.97. The maximum absolute atomic E-state index is 5.87. The third-order valence-corrected chi connectivity index (χ3v) is 3.93. The number of rotatable bonds is 5. The van der Waals surface area contributed by atoms with Gasteiger partial charge in [-0.05, 0) is 76.1 Å². The zero-order valence-electron chi connectivity index (χ0n) is 12.5. The first-order chi connectivity index (χ1) is 8.99. The first kappa shape index (κ1) is 14.4. The van der Waals surface area contributed by atoms with Crippen LogP contribution in [0.5, 0.6) is 5.75 Å². The van der Waals surface area contributed by atoms with Crippen LogP contribution in [-0.2, 0) is 0 Å². The average Bonchev–Trinajstić information content (AvgIpc) is 2.25. The van der Waals surface area contributed by atoms with Gasteiger partial charge in [-0.2, -0.15) is 0 Å². The average molecular weight is 261 g/mol. The van der Waals surface area contributed by atoms with Crippen LogP contribution in [0.15, 0.2) is 24.3 Å². The highest BCUT2D eigenvalue weighted by molar-refractivity contribution is 5.30.